The number of benzene rings is 2. The molecule has 2 amide bonds. The number of rotatable bonds is 7. The number of nitrogens with two attached hydrogens (primary N) is 2. The first-order valence-electron chi connectivity index (χ1n) is 9.93. The predicted molar refractivity (Wildman–Crippen MR) is 122 cm³/mol. The maximum Gasteiger partial charge on any atom is 0.416 e. The molecule has 0 aliphatic heterocycles. The van der Waals surface area contributed by atoms with Gasteiger partial charge in [0.1, 0.15) is 5.60 Å². The second-order valence-electron chi connectivity index (χ2n) is 7.87. The van der Waals surface area contributed by atoms with Gasteiger partial charge in [0.15, 0.2) is 0 Å². The van der Waals surface area contributed by atoms with E-state index in [2.05, 4.69) is 11.4 Å². The number of likely N-dealkylation sites (N-methyl/N-ethyl adjacent to an activating group) is 1. The van der Waals surface area contributed by atoms with Crippen LogP contribution in [0, 0.1) is 0 Å². The van der Waals surface area contributed by atoms with E-state index in [4.69, 9.17) is 16.2 Å². The Bertz CT molecular complexity index is 803. The molecule has 2 rings (SSSR count). The van der Waals surface area contributed by atoms with Crippen molar-refractivity contribution in [1.29, 1.82) is 0 Å². The maximum atomic E-state index is 11.7. The van der Waals surface area contributed by atoms with Crippen molar-refractivity contribution in [1.82, 2.24) is 10.2 Å². The molecule has 0 saturated heterocycles. The zero-order valence-electron chi connectivity index (χ0n) is 18.4. The molecule has 0 unspecified atom stereocenters. The summed E-state index contributed by atoms with van der Waals surface area (Å²) in [4.78, 5) is 23.7. The molecule has 0 aromatic heterocycles. The number of nitrogens with zero attached hydrogens (tertiary/aromatic N) is 1. The molecule has 0 bridgehead atoms. The van der Waals surface area contributed by atoms with Crippen LogP contribution in [0.5, 0.6) is 0 Å². The van der Waals surface area contributed by atoms with Gasteiger partial charge < -0.3 is 21.5 Å². The summed E-state index contributed by atoms with van der Waals surface area (Å²) in [5.74, 6) is 0. The maximum absolute atomic E-state index is 11.7. The molecule has 2 aromatic rings. The molecule has 5 N–H and O–H groups in total. The van der Waals surface area contributed by atoms with E-state index in [0.717, 1.165) is 29.1 Å². The zero-order chi connectivity index (χ0) is 22.6. The Hall–Kier alpha value is -3.06. The second-order valence-corrected chi connectivity index (χ2v) is 7.87. The molecule has 0 radical (unpaired) electrons. The monoisotopic (exact) mass is 414 g/mol. The Morgan fingerprint density at radius 1 is 1.03 bits per heavy atom. The van der Waals surface area contributed by atoms with Crippen molar-refractivity contribution in [2.45, 2.75) is 39.2 Å². The highest BCUT2D eigenvalue weighted by Gasteiger charge is 2.21. The van der Waals surface area contributed by atoms with Crippen LogP contribution in [0.4, 0.5) is 16.2 Å². The van der Waals surface area contributed by atoms with Crippen LogP contribution in [0.3, 0.4) is 0 Å². The largest absolute Gasteiger partial charge is 0.443 e. The van der Waals surface area contributed by atoms with Crippen LogP contribution in [-0.4, -0.2) is 43.1 Å². The molecule has 0 spiro atoms. The minimum atomic E-state index is -0.633. The summed E-state index contributed by atoms with van der Waals surface area (Å²) < 4.78 is 5.13. The Morgan fingerprint density at radius 2 is 1.57 bits per heavy atom. The Kier molecular flexibility index (Phi) is 10.4. The van der Waals surface area contributed by atoms with Crippen LogP contribution >= 0.6 is 0 Å². The molecular weight excluding hydrogens is 380 g/mol. The molecule has 0 fully saturated rings. The SMILES string of the molecule is CC(C)(C)OC(=O)N(C=O)CCc1cccc(N)c1.CNCCc1cccc(N)c1. The number of carbonyl (C=O) groups is 2. The lowest BCUT2D eigenvalue weighted by molar-refractivity contribution is -0.117. The van der Waals surface area contributed by atoms with Crippen LogP contribution in [0.1, 0.15) is 31.9 Å². The fraction of sp³-hybridized carbons (Fsp3) is 0.391. The predicted octanol–water partition coefficient (Wildman–Crippen LogP) is 3.24. The number of ether oxygens (including phenoxy) is 1. The Morgan fingerprint density at radius 3 is 2.00 bits per heavy atom. The highest BCUT2D eigenvalue weighted by Crippen LogP contribution is 2.11. The lowest BCUT2D eigenvalue weighted by atomic mass is 10.1. The van der Waals surface area contributed by atoms with Crippen molar-refractivity contribution >= 4 is 23.9 Å². The normalized spacial score (nSPS) is 10.5. The van der Waals surface area contributed by atoms with Gasteiger partial charge in [-0.15, -0.1) is 0 Å². The molecule has 0 saturated carbocycles. The van der Waals surface area contributed by atoms with Crippen molar-refractivity contribution in [3.63, 3.8) is 0 Å². The van der Waals surface area contributed by atoms with Crippen molar-refractivity contribution in [2.75, 3.05) is 31.6 Å². The first-order chi connectivity index (χ1) is 14.1. The molecule has 0 atom stereocenters. The fourth-order valence-electron chi connectivity index (χ4n) is 2.52. The summed E-state index contributed by atoms with van der Waals surface area (Å²) in [7, 11) is 1.95. The van der Waals surface area contributed by atoms with E-state index in [1.165, 1.54) is 5.56 Å². The number of carbonyl (C=O) groups excluding carboxylic acids is 2. The number of nitrogen functional groups attached to an aromatic ring is 2. The summed E-state index contributed by atoms with van der Waals surface area (Å²) in [5, 5.41) is 3.09. The van der Waals surface area contributed by atoms with E-state index in [1.807, 2.05) is 43.4 Å². The first-order valence-corrected chi connectivity index (χ1v) is 9.93. The molecule has 7 nitrogen and oxygen atoms in total. The van der Waals surface area contributed by atoms with Crippen LogP contribution in [0.15, 0.2) is 48.5 Å². The van der Waals surface area contributed by atoms with Gasteiger partial charge in [0, 0.05) is 17.9 Å². The minimum absolute atomic E-state index is 0.266. The van der Waals surface area contributed by atoms with Gasteiger partial charge in [0.05, 0.1) is 0 Å². The van der Waals surface area contributed by atoms with Crippen LogP contribution in [-0.2, 0) is 22.4 Å². The van der Waals surface area contributed by atoms with E-state index >= 15 is 0 Å². The Labute approximate surface area is 179 Å². The van der Waals surface area contributed by atoms with Crippen LogP contribution < -0.4 is 16.8 Å². The van der Waals surface area contributed by atoms with Gasteiger partial charge in [-0.1, -0.05) is 24.3 Å². The second kappa shape index (κ2) is 12.5. The summed E-state index contributed by atoms with van der Waals surface area (Å²) >= 11 is 0. The standard InChI is InChI=1S/C14H20N2O3.C9H14N2/c1-14(2,3)19-13(18)16(10-17)8-7-11-5-4-6-12(15)9-11;1-11-6-5-8-3-2-4-9(10)7-8/h4-6,9-10H,7-8,15H2,1-3H3;2-4,7,11H,5-6,10H2,1H3. The molecule has 164 valence electrons. The van der Waals surface area contributed by atoms with Crippen molar-refractivity contribution < 1.29 is 14.3 Å². The third-order valence-electron chi connectivity index (χ3n) is 3.96. The smallest absolute Gasteiger partial charge is 0.416 e. The number of nitrogens with one attached hydrogen (secondary N) is 1. The molecule has 7 heteroatoms. The Balaban J connectivity index is 0.000000346. The topological polar surface area (TPSA) is 111 Å². The zero-order valence-corrected chi connectivity index (χ0v) is 18.4. The van der Waals surface area contributed by atoms with Crippen molar-refractivity contribution in [2.24, 2.45) is 0 Å². The molecule has 0 heterocycles. The lowest BCUT2D eigenvalue weighted by Crippen LogP contribution is -2.37. The van der Waals surface area contributed by atoms with Gasteiger partial charge in [0.25, 0.3) is 0 Å². The number of hydrogen-bond donors (Lipinski definition) is 3. The molecule has 0 aliphatic rings. The summed E-state index contributed by atoms with van der Waals surface area (Å²) in [5.41, 5.74) is 14.4. The van der Waals surface area contributed by atoms with E-state index in [9.17, 15) is 9.59 Å². The first kappa shape index (κ1) is 25.0. The lowest BCUT2D eigenvalue weighted by Gasteiger charge is -2.23. The third kappa shape index (κ3) is 10.5. The number of amides is 2. The average Bonchev–Trinajstić information content (AvgIpc) is 2.66. The van der Waals surface area contributed by atoms with Gasteiger partial charge in [-0.05, 0) is 82.6 Å². The van der Waals surface area contributed by atoms with E-state index in [-0.39, 0.29) is 6.54 Å². The highest BCUT2D eigenvalue weighted by atomic mass is 16.6. The van der Waals surface area contributed by atoms with Gasteiger partial charge in [-0.3, -0.25) is 4.79 Å². The van der Waals surface area contributed by atoms with E-state index in [1.54, 1.807) is 26.8 Å². The van der Waals surface area contributed by atoms with E-state index < -0.39 is 11.7 Å². The summed E-state index contributed by atoms with van der Waals surface area (Å²) in [6.07, 6.45) is 1.44. The third-order valence-corrected chi connectivity index (χ3v) is 3.96. The fourth-order valence-corrected chi connectivity index (χ4v) is 2.52. The highest BCUT2D eigenvalue weighted by molar-refractivity contribution is 5.80. The van der Waals surface area contributed by atoms with Gasteiger partial charge >= 0.3 is 6.09 Å². The van der Waals surface area contributed by atoms with Gasteiger partial charge in [0.2, 0.25) is 6.41 Å². The molecule has 30 heavy (non-hydrogen) atoms. The van der Waals surface area contributed by atoms with E-state index in [0.29, 0.717) is 18.5 Å². The average molecular weight is 415 g/mol. The number of hydrogen-bond acceptors (Lipinski definition) is 6. The summed E-state index contributed by atoms with van der Waals surface area (Å²) in [6, 6.07) is 15.3. The van der Waals surface area contributed by atoms with Crippen molar-refractivity contribution in [3.8, 4) is 0 Å². The minimum Gasteiger partial charge on any atom is -0.443 e. The molecular formula is C23H34N4O3. The van der Waals surface area contributed by atoms with Gasteiger partial charge in [-0.2, -0.15) is 0 Å². The number of anilines is 2. The van der Waals surface area contributed by atoms with Crippen LogP contribution in [0.25, 0.3) is 0 Å². The van der Waals surface area contributed by atoms with Crippen molar-refractivity contribution in [3.05, 3.63) is 59.7 Å². The number of imide groups is 1. The summed E-state index contributed by atoms with van der Waals surface area (Å²) in [6.45, 7) is 6.54. The van der Waals surface area contributed by atoms with Crippen LogP contribution in [0.2, 0.25) is 0 Å². The quantitative estimate of drug-likeness (QED) is 0.474. The molecule has 0 aliphatic carbocycles. The molecule has 2 aromatic carbocycles. The van der Waals surface area contributed by atoms with Gasteiger partial charge in [-0.25, -0.2) is 9.69 Å².